The minimum atomic E-state index is -1.58. The first-order valence-electron chi connectivity index (χ1n) is 33.4. The van der Waals surface area contributed by atoms with Crippen molar-refractivity contribution in [3.8, 4) is 0 Å². The van der Waals surface area contributed by atoms with E-state index in [2.05, 4.69) is 42.2 Å². The van der Waals surface area contributed by atoms with Crippen molar-refractivity contribution in [3.05, 3.63) is 94.5 Å². The number of benzene rings is 2. The fourth-order valence-electron chi connectivity index (χ4n) is 12.7. The number of amides is 12. The minimum absolute atomic E-state index is 0.00790. The Morgan fingerprint density at radius 1 is 0.760 bits per heavy atom. The van der Waals surface area contributed by atoms with Gasteiger partial charge in [-0.2, -0.15) is 0 Å². The number of likely N-dealkylation sites (tertiary alicyclic amines) is 1. The van der Waals surface area contributed by atoms with Crippen LogP contribution in [-0.4, -0.2) is 174 Å². The van der Waals surface area contributed by atoms with Crippen LogP contribution in [0.1, 0.15) is 154 Å². The van der Waals surface area contributed by atoms with Crippen LogP contribution in [0.4, 0.5) is 15.3 Å². The Labute approximate surface area is 567 Å². The molecule has 12 amide bonds. The summed E-state index contributed by atoms with van der Waals surface area (Å²) in [7, 11) is 4.78. The molecule has 6 rings (SSSR count). The largest absolute Gasteiger partial charge is 0.445 e. The number of anilines is 1. The molecule has 9 unspecified atom stereocenters. The van der Waals surface area contributed by atoms with Gasteiger partial charge in [0.15, 0.2) is 0 Å². The molecule has 2 aliphatic heterocycles. The lowest BCUT2D eigenvalue weighted by Gasteiger charge is -2.41. The number of imide groups is 1. The lowest BCUT2D eigenvalue weighted by molar-refractivity contribution is -0.148. The topological polar surface area (TPSA) is 348 Å². The van der Waals surface area contributed by atoms with Gasteiger partial charge in [0.25, 0.3) is 11.8 Å². The predicted octanol–water partition coefficient (Wildman–Crippen LogP) is 5.95. The summed E-state index contributed by atoms with van der Waals surface area (Å²) in [5, 5.41) is 22.2. The summed E-state index contributed by atoms with van der Waals surface area (Å²) in [5.41, 5.74) is 5.56. The summed E-state index contributed by atoms with van der Waals surface area (Å²) in [6, 6.07) is 11.0. The zero-order chi connectivity index (χ0) is 70.2. The molecule has 1 aliphatic carbocycles. The zero-order valence-corrected chi connectivity index (χ0v) is 58.0. The molecule has 3 aromatic rings. The Balaban J connectivity index is 1.01. The quantitative estimate of drug-likeness (QED) is 0.0244. The molecule has 2 fully saturated rings. The molecule has 27 heteroatoms. The standard InChI is InChI=1S/C69H100N12O14S/c1-42(2)57(76-53(82)27-15-12-18-36-81-54(83)32-33-55(81)84)63(88)74-49(25-19-34-72-67(70)91)62(87)73-48-30-28-46(29-31-48)41-95-68(92)78-69(6,7)66(90)77-58(43(3)4)65(89)79(8)59(47-23-16-17-24-47)52(93-9)40-56(85)80-37-20-26-51(80)60(94-10)44(5)61(86)75-50(64-71-35-38-96-64)39-45-21-13-11-14-22-45/h11,13-14,21-22,28-33,35,38,42-44,47,49-52,57-60H,12,15-20,23-27,34,36-37,39-41H2,1-10H3,(H,73,87)(H,74,88)(H,75,86)(H,76,82)(H,77,90)(H,78,92)(H3,70,72,91). The van der Waals surface area contributed by atoms with Crippen molar-refractivity contribution in [1.29, 1.82) is 0 Å². The lowest BCUT2D eigenvalue weighted by atomic mass is 9.88. The first-order chi connectivity index (χ1) is 45.7. The third kappa shape index (κ3) is 22.4. The molecule has 9 N–H and O–H groups in total. The molecule has 3 heterocycles. The highest BCUT2D eigenvalue weighted by molar-refractivity contribution is 7.09. The second-order valence-corrected chi connectivity index (χ2v) is 27.3. The van der Waals surface area contributed by atoms with Crippen molar-refractivity contribution >= 4 is 82.3 Å². The molecule has 96 heavy (non-hydrogen) atoms. The molecule has 0 radical (unpaired) electrons. The molecule has 3 aliphatic rings. The van der Waals surface area contributed by atoms with Gasteiger partial charge in [-0.25, -0.2) is 14.6 Å². The second-order valence-electron chi connectivity index (χ2n) is 26.3. The maximum atomic E-state index is 14.9. The van der Waals surface area contributed by atoms with Crippen molar-refractivity contribution in [2.45, 2.75) is 199 Å². The maximum absolute atomic E-state index is 14.9. The Morgan fingerprint density at radius 3 is 2.05 bits per heavy atom. The summed E-state index contributed by atoms with van der Waals surface area (Å²) in [4.78, 5) is 156. The number of primary amides is 1. The van der Waals surface area contributed by atoms with E-state index in [0.717, 1.165) is 41.2 Å². The van der Waals surface area contributed by atoms with Gasteiger partial charge in [-0.15, -0.1) is 11.3 Å². The minimum Gasteiger partial charge on any atom is -0.445 e. The number of unbranched alkanes of at least 4 members (excludes halogenated alkanes) is 2. The van der Waals surface area contributed by atoms with Crippen LogP contribution in [0.2, 0.25) is 0 Å². The van der Waals surface area contributed by atoms with Crippen LogP contribution in [0.25, 0.3) is 0 Å². The van der Waals surface area contributed by atoms with Gasteiger partial charge in [0.05, 0.1) is 42.7 Å². The van der Waals surface area contributed by atoms with Gasteiger partial charge in [-0.05, 0) is 113 Å². The summed E-state index contributed by atoms with van der Waals surface area (Å²) in [5.74, 6) is -5.19. The molecular weight excluding hydrogens is 1250 g/mol. The van der Waals surface area contributed by atoms with Crippen LogP contribution in [0, 0.1) is 23.7 Å². The number of nitrogens with zero attached hydrogens (tertiary/aromatic N) is 4. The highest BCUT2D eigenvalue weighted by Crippen LogP contribution is 2.36. The molecule has 26 nitrogen and oxygen atoms in total. The number of alkyl carbamates (subject to hydrolysis) is 1. The third-order valence-electron chi connectivity index (χ3n) is 18.1. The fourth-order valence-corrected chi connectivity index (χ4v) is 13.4. The average molecular weight is 1350 g/mol. The third-order valence-corrected chi connectivity index (χ3v) is 19.0. The van der Waals surface area contributed by atoms with Gasteiger partial charge in [-0.1, -0.05) is 96.3 Å². The Hall–Kier alpha value is -8.30. The van der Waals surface area contributed by atoms with Crippen LogP contribution < -0.4 is 43.0 Å². The van der Waals surface area contributed by atoms with Crippen molar-refractivity contribution in [3.63, 3.8) is 0 Å². The summed E-state index contributed by atoms with van der Waals surface area (Å²) in [6.07, 6.45) is 9.14. The number of rotatable bonds is 37. The first-order valence-corrected chi connectivity index (χ1v) is 34.3. The van der Waals surface area contributed by atoms with Crippen molar-refractivity contribution < 1.29 is 67.0 Å². The number of carbonyl (C=O) groups is 11. The van der Waals surface area contributed by atoms with E-state index >= 15 is 0 Å². The van der Waals surface area contributed by atoms with Gasteiger partial charge >= 0.3 is 12.1 Å². The number of thiazole rings is 1. The number of nitrogens with two attached hydrogens (primary N) is 1. The van der Waals surface area contributed by atoms with Crippen LogP contribution in [-0.2, 0) is 70.4 Å². The van der Waals surface area contributed by atoms with Crippen molar-refractivity contribution in [2.75, 3.05) is 46.2 Å². The van der Waals surface area contributed by atoms with Crippen LogP contribution >= 0.6 is 11.3 Å². The number of likely N-dealkylation sites (N-methyl/N-ethyl adjacent to an activating group) is 1. The molecule has 0 bridgehead atoms. The van der Waals surface area contributed by atoms with Gasteiger partial charge < -0.3 is 67.0 Å². The number of urea groups is 1. The summed E-state index contributed by atoms with van der Waals surface area (Å²) < 4.78 is 17.8. The Bertz CT molecular complexity index is 3120. The Kier molecular flexibility index (Phi) is 29.8. The SMILES string of the molecule is COC(CC(=O)N1CCCC1C(OC)C(C)C(=O)NC(Cc1ccccc1)c1nccs1)C(C1CCCC1)N(C)C(=O)C(NC(=O)C(C)(C)NC(=O)OCc1ccc(NC(=O)C(CCCNC(N)=O)NC(=O)C(NC(=O)CCCCCN2C(=O)C=CC2=O)C(C)C)cc1)C(C)C. The summed E-state index contributed by atoms with van der Waals surface area (Å²) in [6.45, 7) is 12.5. The van der Waals surface area contributed by atoms with E-state index < -0.39 is 95.5 Å². The number of methoxy groups -OCH3 is 2. The number of carbonyl (C=O) groups excluding carboxylic acids is 11. The van der Waals surface area contributed by atoms with Gasteiger partial charge in [0.1, 0.15) is 35.3 Å². The molecule has 9 atom stereocenters. The smallest absolute Gasteiger partial charge is 0.408 e. The maximum Gasteiger partial charge on any atom is 0.408 e. The van der Waals surface area contributed by atoms with Gasteiger partial charge in [0, 0.05) is 76.7 Å². The van der Waals surface area contributed by atoms with E-state index in [1.807, 2.05) is 56.5 Å². The van der Waals surface area contributed by atoms with E-state index in [0.29, 0.717) is 56.3 Å². The molecule has 1 saturated carbocycles. The molecular formula is C69H100N12O14S. The van der Waals surface area contributed by atoms with E-state index in [-0.39, 0.29) is 92.8 Å². The van der Waals surface area contributed by atoms with E-state index in [4.69, 9.17) is 19.9 Å². The predicted molar refractivity (Wildman–Crippen MR) is 361 cm³/mol. The molecule has 1 saturated heterocycles. The van der Waals surface area contributed by atoms with Crippen LogP contribution in [0.3, 0.4) is 0 Å². The van der Waals surface area contributed by atoms with Crippen molar-refractivity contribution in [1.82, 2.24) is 51.6 Å². The number of hydrogen-bond acceptors (Lipinski definition) is 16. The van der Waals surface area contributed by atoms with Gasteiger partial charge in [-0.3, -0.25) is 48.1 Å². The first kappa shape index (κ1) is 76.7. The number of nitrogens with one attached hydrogen (secondary N) is 7. The van der Waals surface area contributed by atoms with E-state index in [1.165, 1.54) is 44.4 Å². The van der Waals surface area contributed by atoms with Crippen molar-refractivity contribution in [2.24, 2.45) is 29.4 Å². The van der Waals surface area contributed by atoms with E-state index in [1.54, 1.807) is 68.3 Å². The Morgan fingerprint density at radius 2 is 1.44 bits per heavy atom. The molecule has 2 aromatic carbocycles. The summed E-state index contributed by atoms with van der Waals surface area (Å²) >= 11 is 1.47. The molecule has 526 valence electrons. The molecule has 0 spiro atoms. The van der Waals surface area contributed by atoms with E-state index in [9.17, 15) is 52.7 Å². The normalized spacial score (nSPS) is 17.4. The second kappa shape index (κ2) is 37.3. The average Bonchev–Trinajstić information content (AvgIpc) is 1.49. The zero-order valence-electron chi connectivity index (χ0n) is 57.2. The highest BCUT2D eigenvalue weighted by atomic mass is 32.1. The van der Waals surface area contributed by atoms with Crippen LogP contribution in [0.15, 0.2) is 78.3 Å². The lowest BCUT2D eigenvalue weighted by Crippen LogP contribution is -2.62. The number of hydrogen-bond donors (Lipinski definition) is 8. The highest BCUT2D eigenvalue weighted by Gasteiger charge is 2.45. The fraction of sp³-hybridized carbons (Fsp3) is 0.594. The van der Waals surface area contributed by atoms with Crippen LogP contribution in [0.5, 0.6) is 0 Å². The van der Waals surface area contributed by atoms with Gasteiger partial charge in [0.2, 0.25) is 41.4 Å². The number of ether oxygens (including phenoxy) is 3. The monoisotopic (exact) mass is 1350 g/mol. The number of aromatic nitrogens is 1. The molecule has 1 aromatic heterocycles.